The summed E-state index contributed by atoms with van der Waals surface area (Å²) in [6.07, 6.45) is 0.359. The van der Waals surface area contributed by atoms with Crippen LogP contribution in [0.4, 0.5) is 5.82 Å². The number of hydrogen-bond donors (Lipinski definition) is 0. The number of ether oxygens (including phenoxy) is 2. The van der Waals surface area contributed by atoms with Crippen LogP contribution in [0.1, 0.15) is 13.8 Å². The molecule has 0 amide bonds. The van der Waals surface area contributed by atoms with Crippen LogP contribution >= 0.6 is 0 Å². The molecule has 1 rings (SSSR count). The van der Waals surface area contributed by atoms with Crippen molar-refractivity contribution in [2.24, 2.45) is 0 Å². The molecule has 1 unspecified atom stereocenters. The third kappa shape index (κ3) is 3.40. The predicted octanol–water partition coefficient (Wildman–Crippen LogP) is 1.32. The van der Waals surface area contributed by atoms with Gasteiger partial charge in [-0.05, 0) is 35.9 Å². The summed E-state index contributed by atoms with van der Waals surface area (Å²) in [5.74, 6) is -1.06. The Kier molecular flexibility index (Phi) is 4.38. The van der Waals surface area contributed by atoms with Crippen LogP contribution in [0.3, 0.4) is 0 Å². The fourth-order valence-electron chi connectivity index (χ4n) is 1.11. The van der Waals surface area contributed by atoms with Crippen LogP contribution < -0.4 is 4.74 Å². The van der Waals surface area contributed by atoms with Crippen molar-refractivity contribution in [3.8, 4) is 5.75 Å². The highest BCUT2D eigenvalue weighted by Gasteiger charge is 2.22. The van der Waals surface area contributed by atoms with E-state index in [1.165, 1.54) is 25.3 Å². The lowest BCUT2D eigenvalue weighted by atomic mass is 10.4. The van der Waals surface area contributed by atoms with E-state index in [1.54, 1.807) is 6.92 Å². The number of rotatable bonds is 5. The fraction of sp³-hybridized carbons (Fsp3) is 0.400. The average molecular weight is 240 g/mol. The molecule has 0 aliphatic carbocycles. The zero-order chi connectivity index (χ0) is 12.8. The maximum atomic E-state index is 11.3. The molecule has 7 heteroatoms. The lowest BCUT2D eigenvalue weighted by molar-refractivity contribution is -0.390. The average Bonchev–Trinajstić information content (AvgIpc) is 2.29. The molecule has 7 nitrogen and oxygen atoms in total. The summed E-state index contributed by atoms with van der Waals surface area (Å²) in [6.45, 7) is 3.34. The fourth-order valence-corrected chi connectivity index (χ4v) is 1.11. The van der Waals surface area contributed by atoms with E-state index in [4.69, 9.17) is 9.47 Å². The van der Waals surface area contributed by atoms with Crippen LogP contribution in [0.25, 0.3) is 0 Å². The highest BCUT2D eigenvalue weighted by atomic mass is 16.6. The molecule has 0 aliphatic heterocycles. The molecule has 0 N–H and O–H groups in total. The first kappa shape index (κ1) is 12.9. The zero-order valence-electron chi connectivity index (χ0n) is 9.45. The first-order valence-corrected chi connectivity index (χ1v) is 4.99. The number of carbonyl (C=O) groups excluding carboxylic acids is 1. The minimum Gasteiger partial charge on any atom is -0.471 e. The van der Waals surface area contributed by atoms with Gasteiger partial charge in [0.15, 0.2) is 6.10 Å². The Balaban J connectivity index is 2.81. The van der Waals surface area contributed by atoms with Crippen molar-refractivity contribution in [3.05, 3.63) is 28.4 Å². The number of aromatic nitrogens is 1. The maximum Gasteiger partial charge on any atom is 0.406 e. The van der Waals surface area contributed by atoms with Gasteiger partial charge in [0.25, 0.3) is 0 Å². The zero-order valence-corrected chi connectivity index (χ0v) is 9.45. The maximum absolute atomic E-state index is 11.3. The molecule has 1 heterocycles. The molecule has 1 atom stereocenters. The van der Waals surface area contributed by atoms with Gasteiger partial charge in [0, 0.05) is 0 Å². The van der Waals surface area contributed by atoms with Gasteiger partial charge < -0.3 is 19.6 Å². The largest absolute Gasteiger partial charge is 0.471 e. The minimum absolute atomic E-state index is 0.0574. The van der Waals surface area contributed by atoms with Gasteiger partial charge in [0.2, 0.25) is 5.75 Å². The monoisotopic (exact) mass is 240 g/mol. The van der Waals surface area contributed by atoms with E-state index in [-0.39, 0.29) is 12.4 Å². The minimum atomic E-state index is -0.919. The summed E-state index contributed by atoms with van der Waals surface area (Å²) < 4.78 is 9.86. The van der Waals surface area contributed by atoms with Crippen molar-refractivity contribution < 1.29 is 19.2 Å². The Morgan fingerprint density at radius 2 is 2.35 bits per heavy atom. The lowest BCUT2D eigenvalue weighted by Gasteiger charge is -2.12. The number of nitrogens with zero attached hydrogens (tertiary/aromatic N) is 2. The number of carbonyl (C=O) groups is 1. The number of hydrogen-bond acceptors (Lipinski definition) is 6. The number of esters is 1. The van der Waals surface area contributed by atoms with Crippen LogP contribution in [0.2, 0.25) is 0 Å². The van der Waals surface area contributed by atoms with E-state index in [0.29, 0.717) is 0 Å². The van der Waals surface area contributed by atoms with Crippen LogP contribution in [-0.4, -0.2) is 28.6 Å². The van der Waals surface area contributed by atoms with Gasteiger partial charge in [-0.15, -0.1) is 0 Å². The second kappa shape index (κ2) is 5.78. The third-order valence-corrected chi connectivity index (χ3v) is 1.85. The molecule has 1 aromatic heterocycles. The van der Waals surface area contributed by atoms with Gasteiger partial charge in [0.05, 0.1) is 6.61 Å². The Labute approximate surface area is 97.5 Å². The molecule has 92 valence electrons. The standard InChI is InChI=1S/C10H12N2O5/c1-3-16-10(13)7(2)17-8-5-4-6-11-9(8)12(14)15/h4-7H,3H2,1-2H3. The summed E-state index contributed by atoms with van der Waals surface area (Å²) in [4.78, 5) is 24.8. The Bertz CT molecular complexity index is 421. The summed E-state index contributed by atoms with van der Waals surface area (Å²) in [5.41, 5.74) is 0. The van der Waals surface area contributed by atoms with Gasteiger partial charge in [-0.1, -0.05) is 0 Å². The summed E-state index contributed by atoms with van der Waals surface area (Å²) in [5, 5.41) is 10.6. The molecule has 0 bridgehead atoms. The smallest absolute Gasteiger partial charge is 0.406 e. The molecule has 0 aromatic carbocycles. The SMILES string of the molecule is CCOC(=O)C(C)Oc1cccnc1[N+](=O)[O-]. The molecule has 0 aliphatic rings. The first-order chi connectivity index (χ1) is 8.06. The quantitative estimate of drug-likeness (QED) is 0.438. The van der Waals surface area contributed by atoms with Gasteiger partial charge >= 0.3 is 11.8 Å². The summed E-state index contributed by atoms with van der Waals surface area (Å²) in [6, 6.07) is 2.86. The van der Waals surface area contributed by atoms with Gasteiger partial charge in [0.1, 0.15) is 6.20 Å². The molecule has 0 saturated carbocycles. The van der Waals surface area contributed by atoms with Crippen molar-refractivity contribution >= 4 is 11.8 Å². The van der Waals surface area contributed by atoms with Crippen LogP contribution in [-0.2, 0) is 9.53 Å². The van der Waals surface area contributed by atoms with Crippen LogP contribution in [0.15, 0.2) is 18.3 Å². The Morgan fingerprint density at radius 3 is 2.94 bits per heavy atom. The lowest BCUT2D eigenvalue weighted by Crippen LogP contribution is -2.26. The number of nitro groups is 1. The molecule has 17 heavy (non-hydrogen) atoms. The molecular formula is C10H12N2O5. The Morgan fingerprint density at radius 1 is 1.65 bits per heavy atom. The van der Waals surface area contributed by atoms with Gasteiger partial charge in [-0.2, -0.15) is 0 Å². The van der Waals surface area contributed by atoms with Crippen molar-refractivity contribution in [2.45, 2.75) is 20.0 Å². The molecule has 0 saturated heterocycles. The van der Waals surface area contributed by atoms with Crippen LogP contribution in [0, 0.1) is 10.1 Å². The normalized spacial score (nSPS) is 11.6. The molecule has 0 spiro atoms. The van der Waals surface area contributed by atoms with Crippen molar-refractivity contribution in [3.63, 3.8) is 0 Å². The van der Waals surface area contributed by atoms with Crippen molar-refractivity contribution in [2.75, 3.05) is 6.61 Å². The van der Waals surface area contributed by atoms with E-state index >= 15 is 0 Å². The van der Waals surface area contributed by atoms with Crippen molar-refractivity contribution in [1.29, 1.82) is 0 Å². The summed E-state index contributed by atoms with van der Waals surface area (Å²) in [7, 11) is 0. The molecule has 0 radical (unpaired) electrons. The van der Waals surface area contributed by atoms with E-state index in [2.05, 4.69) is 4.98 Å². The van der Waals surface area contributed by atoms with E-state index in [1.807, 2.05) is 0 Å². The second-order valence-electron chi connectivity index (χ2n) is 3.09. The predicted molar refractivity (Wildman–Crippen MR) is 57.6 cm³/mol. The Hall–Kier alpha value is -2.18. The highest BCUT2D eigenvalue weighted by molar-refractivity contribution is 5.74. The number of pyridine rings is 1. The molecule has 0 fully saturated rings. The third-order valence-electron chi connectivity index (χ3n) is 1.85. The molecule has 1 aromatic rings. The second-order valence-corrected chi connectivity index (χ2v) is 3.09. The van der Waals surface area contributed by atoms with E-state index in [0.717, 1.165) is 0 Å². The van der Waals surface area contributed by atoms with E-state index in [9.17, 15) is 14.9 Å². The summed E-state index contributed by atoms with van der Waals surface area (Å²) >= 11 is 0. The van der Waals surface area contributed by atoms with Crippen LogP contribution in [0.5, 0.6) is 5.75 Å². The van der Waals surface area contributed by atoms with Gasteiger partial charge in [-0.3, -0.25) is 0 Å². The van der Waals surface area contributed by atoms with Crippen molar-refractivity contribution in [1.82, 2.24) is 4.98 Å². The topological polar surface area (TPSA) is 91.6 Å². The van der Waals surface area contributed by atoms with E-state index < -0.39 is 22.8 Å². The highest BCUT2D eigenvalue weighted by Crippen LogP contribution is 2.24. The molecular weight excluding hydrogens is 228 g/mol. The van der Waals surface area contributed by atoms with Gasteiger partial charge in [-0.25, -0.2) is 4.79 Å². The first-order valence-electron chi connectivity index (χ1n) is 4.99.